The molecule has 0 unspecified atom stereocenters. The van der Waals surface area contributed by atoms with Gasteiger partial charge in [0.1, 0.15) is 0 Å². The van der Waals surface area contributed by atoms with Crippen LogP contribution < -0.4 is 0 Å². The molecule has 0 spiro atoms. The van der Waals surface area contributed by atoms with E-state index in [0.29, 0.717) is 0 Å². The summed E-state index contributed by atoms with van der Waals surface area (Å²) in [6.07, 6.45) is 2.66. The van der Waals surface area contributed by atoms with E-state index in [0.717, 1.165) is 0 Å². The molecular formula is C10H18N2. The van der Waals surface area contributed by atoms with Crippen LogP contribution in [0.25, 0.3) is 0 Å². The maximum absolute atomic E-state index is 2.54. The number of hydrogen-bond acceptors (Lipinski definition) is 2. The maximum atomic E-state index is 2.54. The van der Waals surface area contributed by atoms with Gasteiger partial charge in [0, 0.05) is 37.6 Å². The van der Waals surface area contributed by atoms with E-state index < -0.39 is 0 Å². The summed E-state index contributed by atoms with van der Waals surface area (Å²) >= 11 is 0. The molecule has 0 aromatic heterocycles. The van der Waals surface area contributed by atoms with E-state index in [9.17, 15) is 0 Å². The van der Waals surface area contributed by atoms with E-state index in [-0.39, 0.29) is 0 Å². The number of hydrogen-bond donors (Lipinski definition) is 0. The highest BCUT2D eigenvalue weighted by Gasteiger charge is 2.20. The van der Waals surface area contributed by atoms with Crippen molar-refractivity contribution in [3.05, 3.63) is 11.4 Å². The molecular weight excluding hydrogens is 148 g/mol. The summed E-state index contributed by atoms with van der Waals surface area (Å²) in [5.41, 5.74) is 3.01. The second-order valence-corrected chi connectivity index (χ2v) is 3.85. The van der Waals surface area contributed by atoms with Gasteiger partial charge in [-0.05, 0) is 26.7 Å². The van der Waals surface area contributed by atoms with Crippen LogP contribution in [-0.2, 0) is 0 Å². The predicted molar refractivity (Wildman–Crippen MR) is 50.8 cm³/mol. The van der Waals surface area contributed by atoms with Gasteiger partial charge in [0.2, 0.25) is 0 Å². The fourth-order valence-electron chi connectivity index (χ4n) is 2.26. The van der Waals surface area contributed by atoms with Crippen molar-refractivity contribution in [2.45, 2.75) is 26.7 Å². The van der Waals surface area contributed by atoms with Crippen molar-refractivity contribution in [2.24, 2.45) is 0 Å². The van der Waals surface area contributed by atoms with Crippen LogP contribution in [0.3, 0.4) is 0 Å². The van der Waals surface area contributed by atoms with E-state index in [2.05, 4.69) is 23.6 Å². The first-order chi connectivity index (χ1) is 5.79. The first-order valence-corrected chi connectivity index (χ1v) is 4.96. The van der Waals surface area contributed by atoms with Gasteiger partial charge in [0.15, 0.2) is 0 Å². The Balaban J connectivity index is 2.30. The highest BCUT2D eigenvalue weighted by Crippen LogP contribution is 2.22. The van der Waals surface area contributed by atoms with Gasteiger partial charge in [-0.15, -0.1) is 0 Å². The van der Waals surface area contributed by atoms with Crippen LogP contribution in [0.2, 0.25) is 0 Å². The number of allylic oxidation sites excluding steroid dienone is 2. The monoisotopic (exact) mass is 166 g/mol. The van der Waals surface area contributed by atoms with Gasteiger partial charge in [-0.25, -0.2) is 0 Å². The lowest BCUT2D eigenvalue weighted by atomic mass is 10.3. The second-order valence-electron chi connectivity index (χ2n) is 3.85. The van der Waals surface area contributed by atoms with Gasteiger partial charge >= 0.3 is 0 Å². The zero-order valence-electron chi connectivity index (χ0n) is 8.14. The standard InChI is InChI=1S/C10H18N2/c1-9-10(2)12-7-3-5-11(9)6-4-8-12/h3-8H2,1-2H3. The first kappa shape index (κ1) is 7.96. The summed E-state index contributed by atoms with van der Waals surface area (Å²) in [6.45, 7) is 9.58. The molecule has 2 bridgehead atoms. The van der Waals surface area contributed by atoms with Crippen LogP contribution in [0.15, 0.2) is 11.4 Å². The minimum atomic E-state index is 1.26. The second kappa shape index (κ2) is 3.00. The Bertz CT molecular complexity index is 178. The van der Waals surface area contributed by atoms with E-state index in [1.165, 1.54) is 50.4 Å². The van der Waals surface area contributed by atoms with Crippen LogP contribution in [-0.4, -0.2) is 36.0 Å². The average Bonchev–Trinajstić information content (AvgIpc) is 2.19. The first-order valence-electron chi connectivity index (χ1n) is 4.96. The van der Waals surface area contributed by atoms with Crippen molar-refractivity contribution in [3.8, 4) is 0 Å². The van der Waals surface area contributed by atoms with Gasteiger partial charge in [-0.2, -0.15) is 0 Å². The van der Waals surface area contributed by atoms with Crippen LogP contribution >= 0.6 is 0 Å². The minimum absolute atomic E-state index is 1.26. The molecule has 0 aliphatic carbocycles. The predicted octanol–water partition coefficient (Wildman–Crippen LogP) is 1.65. The van der Waals surface area contributed by atoms with E-state index in [1.54, 1.807) is 0 Å². The molecule has 0 N–H and O–H groups in total. The summed E-state index contributed by atoms with van der Waals surface area (Å²) in [5.74, 6) is 0. The fraction of sp³-hybridized carbons (Fsp3) is 0.800. The van der Waals surface area contributed by atoms with Gasteiger partial charge in [0.25, 0.3) is 0 Å². The maximum Gasteiger partial charge on any atom is 0.0293 e. The Morgan fingerprint density at radius 2 is 1.08 bits per heavy atom. The molecule has 2 rings (SSSR count). The van der Waals surface area contributed by atoms with Crippen molar-refractivity contribution in [2.75, 3.05) is 26.2 Å². The van der Waals surface area contributed by atoms with E-state index >= 15 is 0 Å². The fourth-order valence-corrected chi connectivity index (χ4v) is 2.26. The Hall–Kier alpha value is -0.660. The van der Waals surface area contributed by atoms with Crippen LogP contribution in [0.4, 0.5) is 0 Å². The zero-order valence-corrected chi connectivity index (χ0v) is 8.14. The number of fused-ring (bicyclic) bond motifs is 2. The molecule has 0 radical (unpaired) electrons. The molecule has 0 aromatic rings. The molecule has 0 amide bonds. The zero-order chi connectivity index (χ0) is 8.55. The SMILES string of the molecule is CC1=C(C)N2CCCN1CCC2. The molecule has 0 atom stereocenters. The van der Waals surface area contributed by atoms with Crippen LogP contribution in [0.1, 0.15) is 26.7 Å². The summed E-state index contributed by atoms with van der Waals surface area (Å²) in [4.78, 5) is 5.09. The van der Waals surface area contributed by atoms with Crippen LogP contribution in [0.5, 0.6) is 0 Å². The topological polar surface area (TPSA) is 6.48 Å². The van der Waals surface area contributed by atoms with Crippen LogP contribution in [0, 0.1) is 0 Å². The summed E-state index contributed by atoms with van der Waals surface area (Å²) in [5, 5.41) is 0. The van der Waals surface area contributed by atoms with Crippen molar-refractivity contribution in [1.82, 2.24) is 9.80 Å². The highest BCUT2D eigenvalue weighted by molar-refractivity contribution is 5.11. The third-order valence-corrected chi connectivity index (χ3v) is 3.18. The van der Waals surface area contributed by atoms with Gasteiger partial charge in [-0.3, -0.25) is 0 Å². The Morgan fingerprint density at radius 1 is 0.750 bits per heavy atom. The van der Waals surface area contributed by atoms with Crippen molar-refractivity contribution in [1.29, 1.82) is 0 Å². The number of rotatable bonds is 0. The molecule has 0 fully saturated rings. The highest BCUT2D eigenvalue weighted by atomic mass is 15.2. The summed E-state index contributed by atoms with van der Waals surface area (Å²) in [7, 11) is 0. The van der Waals surface area contributed by atoms with Crippen molar-refractivity contribution in [3.63, 3.8) is 0 Å². The van der Waals surface area contributed by atoms with Crippen molar-refractivity contribution >= 4 is 0 Å². The lowest BCUT2D eigenvalue weighted by Gasteiger charge is -2.24. The minimum Gasteiger partial charge on any atom is -0.374 e. The normalized spacial score (nSPS) is 24.5. The number of nitrogens with zero attached hydrogens (tertiary/aromatic N) is 2. The third kappa shape index (κ3) is 1.19. The molecule has 2 aliphatic heterocycles. The third-order valence-electron chi connectivity index (χ3n) is 3.18. The Morgan fingerprint density at radius 3 is 1.42 bits per heavy atom. The lowest BCUT2D eigenvalue weighted by molar-refractivity contribution is 0.282. The van der Waals surface area contributed by atoms with Gasteiger partial charge in [-0.1, -0.05) is 0 Å². The largest absolute Gasteiger partial charge is 0.374 e. The molecule has 2 aliphatic rings. The molecule has 0 saturated carbocycles. The molecule has 0 aromatic carbocycles. The smallest absolute Gasteiger partial charge is 0.0293 e. The van der Waals surface area contributed by atoms with Gasteiger partial charge < -0.3 is 9.80 Å². The Labute approximate surface area is 74.8 Å². The van der Waals surface area contributed by atoms with Gasteiger partial charge in [0.05, 0.1) is 0 Å². The molecule has 0 saturated heterocycles. The lowest BCUT2D eigenvalue weighted by Crippen LogP contribution is -2.28. The quantitative estimate of drug-likeness (QED) is 0.540. The summed E-state index contributed by atoms with van der Waals surface area (Å²) in [6, 6.07) is 0. The average molecular weight is 166 g/mol. The summed E-state index contributed by atoms with van der Waals surface area (Å²) < 4.78 is 0. The van der Waals surface area contributed by atoms with E-state index in [1.807, 2.05) is 0 Å². The molecule has 2 heterocycles. The molecule has 12 heavy (non-hydrogen) atoms. The molecule has 2 heteroatoms. The Kier molecular flexibility index (Phi) is 1.99. The molecule has 68 valence electrons. The molecule has 2 nitrogen and oxygen atoms in total. The van der Waals surface area contributed by atoms with E-state index in [4.69, 9.17) is 0 Å². The van der Waals surface area contributed by atoms with Crippen molar-refractivity contribution < 1.29 is 0 Å².